The molecule has 1 aliphatic rings. The third-order valence-electron chi connectivity index (χ3n) is 3.52. The van der Waals surface area contributed by atoms with Crippen molar-refractivity contribution in [2.24, 2.45) is 10.9 Å². The summed E-state index contributed by atoms with van der Waals surface area (Å²) in [5, 5.41) is 14.0. The van der Waals surface area contributed by atoms with Gasteiger partial charge in [-0.15, -0.1) is 11.3 Å². The third kappa shape index (κ3) is 2.52. The Kier molecular flexibility index (Phi) is 3.66. The highest BCUT2D eigenvalue weighted by Crippen LogP contribution is 2.25. The van der Waals surface area contributed by atoms with E-state index in [1.165, 1.54) is 10.4 Å². The molecule has 2 aromatic rings. The third-order valence-corrected chi connectivity index (χ3v) is 4.55. The molecular weight excluding hydrogens is 272 g/mol. The lowest BCUT2D eigenvalue weighted by molar-refractivity contribution is 0.247. The van der Waals surface area contributed by atoms with Gasteiger partial charge in [0.2, 0.25) is 0 Å². The Morgan fingerprint density at radius 1 is 1.50 bits per heavy atom. The van der Waals surface area contributed by atoms with Gasteiger partial charge in [-0.1, -0.05) is 11.2 Å². The van der Waals surface area contributed by atoms with Gasteiger partial charge in [0.05, 0.1) is 0 Å². The summed E-state index contributed by atoms with van der Waals surface area (Å²) in [6.07, 6.45) is 2.75. The maximum atomic E-state index is 8.83. The van der Waals surface area contributed by atoms with Gasteiger partial charge in [-0.25, -0.2) is 0 Å². The molecule has 0 fully saturated rings. The van der Waals surface area contributed by atoms with E-state index in [2.05, 4.69) is 26.5 Å². The number of nitrogens with two attached hydrogens (primary N) is 1. The van der Waals surface area contributed by atoms with Gasteiger partial charge in [0.1, 0.15) is 5.69 Å². The molecule has 0 unspecified atom stereocenters. The fraction of sp³-hybridized carbons (Fsp3) is 0.286. The van der Waals surface area contributed by atoms with Gasteiger partial charge in [-0.05, 0) is 35.1 Å². The van der Waals surface area contributed by atoms with Crippen LogP contribution < -0.4 is 5.73 Å². The molecule has 104 valence electrons. The molecule has 0 amide bonds. The smallest absolute Gasteiger partial charge is 0.189 e. The Labute approximate surface area is 121 Å². The predicted octanol–water partition coefficient (Wildman–Crippen LogP) is 1.80. The lowest BCUT2D eigenvalue weighted by Gasteiger charge is -2.27. The van der Waals surface area contributed by atoms with Gasteiger partial charge in [-0.2, -0.15) is 0 Å². The standard InChI is InChI=1S/C14H16N4OS/c15-14(17-19)13-11(2-1-5-16-13)9-18-6-3-12-10(8-18)4-7-20-12/h1-2,4-5,7,19H,3,6,8-9H2,(H2,15,17). The van der Waals surface area contributed by atoms with Gasteiger partial charge in [-0.3, -0.25) is 9.88 Å². The van der Waals surface area contributed by atoms with Crippen LogP contribution in [0.1, 0.15) is 21.7 Å². The van der Waals surface area contributed by atoms with E-state index in [4.69, 9.17) is 10.9 Å². The Bertz CT molecular complexity index is 638. The maximum absolute atomic E-state index is 8.83. The van der Waals surface area contributed by atoms with Crippen LogP contribution in [0.5, 0.6) is 0 Å². The summed E-state index contributed by atoms with van der Waals surface area (Å²) in [5.74, 6) is 0.0637. The highest BCUT2D eigenvalue weighted by Gasteiger charge is 2.19. The van der Waals surface area contributed by atoms with Crippen LogP contribution in [0.2, 0.25) is 0 Å². The Morgan fingerprint density at radius 3 is 3.25 bits per heavy atom. The van der Waals surface area contributed by atoms with Gasteiger partial charge >= 0.3 is 0 Å². The van der Waals surface area contributed by atoms with Crippen LogP contribution in [0.25, 0.3) is 0 Å². The van der Waals surface area contributed by atoms with Crippen LogP contribution in [0.15, 0.2) is 34.9 Å². The van der Waals surface area contributed by atoms with Crippen molar-refractivity contribution in [2.45, 2.75) is 19.5 Å². The van der Waals surface area contributed by atoms with Gasteiger partial charge < -0.3 is 10.9 Å². The summed E-state index contributed by atoms with van der Waals surface area (Å²) in [6, 6.07) is 6.05. The number of fused-ring (bicyclic) bond motifs is 1. The number of hydrogen-bond acceptors (Lipinski definition) is 5. The van der Waals surface area contributed by atoms with E-state index in [9.17, 15) is 0 Å². The SMILES string of the molecule is NC(=NO)c1ncccc1CN1CCc2sccc2C1. The van der Waals surface area contributed by atoms with E-state index in [1.54, 1.807) is 6.20 Å². The zero-order chi connectivity index (χ0) is 13.9. The molecule has 3 N–H and O–H groups in total. The average Bonchev–Trinajstić information content (AvgIpc) is 2.94. The largest absolute Gasteiger partial charge is 0.409 e. The predicted molar refractivity (Wildman–Crippen MR) is 78.9 cm³/mol. The minimum atomic E-state index is 0.0637. The Hall–Kier alpha value is -1.92. The maximum Gasteiger partial charge on any atom is 0.189 e. The van der Waals surface area contributed by atoms with Gasteiger partial charge in [0, 0.05) is 30.7 Å². The van der Waals surface area contributed by atoms with Crippen LogP contribution in [-0.4, -0.2) is 27.5 Å². The van der Waals surface area contributed by atoms with Crippen LogP contribution in [0.4, 0.5) is 0 Å². The molecule has 3 heterocycles. The second-order valence-corrected chi connectivity index (χ2v) is 5.83. The minimum absolute atomic E-state index is 0.0637. The van der Waals surface area contributed by atoms with E-state index in [0.717, 1.165) is 31.6 Å². The molecule has 0 aliphatic carbocycles. The number of nitrogens with zero attached hydrogens (tertiary/aromatic N) is 3. The second-order valence-electron chi connectivity index (χ2n) is 4.83. The number of oxime groups is 1. The van der Waals surface area contributed by atoms with E-state index in [0.29, 0.717) is 5.69 Å². The molecule has 0 radical (unpaired) electrons. The summed E-state index contributed by atoms with van der Waals surface area (Å²) in [4.78, 5) is 8.06. The quantitative estimate of drug-likeness (QED) is 0.391. The number of amidine groups is 1. The van der Waals surface area contributed by atoms with Crippen molar-refractivity contribution in [1.82, 2.24) is 9.88 Å². The lowest BCUT2D eigenvalue weighted by atomic mass is 10.1. The molecule has 0 bridgehead atoms. The zero-order valence-corrected chi connectivity index (χ0v) is 11.8. The van der Waals surface area contributed by atoms with Crippen molar-refractivity contribution >= 4 is 17.2 Å². The molecule has 20 heavy (non-hydrogen) atoms. The van der Waals surface area contributed by atoms with E-state index in [1.807, 2.05) is 23.5 Å². The number of hydrogen-bond donors (Lipinski definition) is 2. The molecule has 5 nitrogen and oxygen atoms in total. The molecular formula is C14H16N4OS. The molecule has 2 aromatic heterocycles. The van der Waals surface area contributed by atoms with Crippen molar-refractivity contribution in [3.63, 3.8) is 0 Å². The summed E-state index contributed by atoms with van der Waals surface area (Å²) in [5.41, 5.74) is 8.64. The van der Waals surface area contributed by atoms with Crippen molar-refractivity contribution in [1.29, 1.82) is 0 Å². The van der Waals surface area contributed by atoms with Gasteiger partial charge in [0.25, 0.3) is 0 Å². The zero-order valence-electron chi connectivity index (χ0n) is 11.0. The molecule has 0 aromatic carbocycles. The van der Waals surface area contributed by atoms with Crippen LogP contribution in [0.3, 0.4) is 0 Å². The molecule has 0 atom stereocenters. The van der Waals surface area contributed by atoms with Crippen molar-refractivity contribution in [3.8, 4) is 0 Å². The highest BCUT2D eigenvalue weighted by atomic mass is 32.1. The normalized spacial score (nSPS) is 16.1. The fourth-order valence-electron chi connectivity index (χ4n) is 2.53. The summed E-state index contributed by atoms with van der Waals surface area (Å²) < 4.78 is 0. The first-order valence-electron chi connectivity index (χ1n) is 6.47. The lowest BCUT2D eigenvalue weighted by Crippen LogP contribution is -2.30. The molecule has 3 rings (SSSR count). The molecule has 0 saturated carbocycles. The molecule has 0 spiro atoms. The number of thiophene rings is 1. The molecule has 1 aliphatic heterocycles. The first-order valence-corrected chi connectivity index (χ1v) is 7.35. The summed E-state index contributed by atoms with van der Waals surface area (Å²) in [7, 11) is 0. The van der Waals surface area contributed by atoms with Crippen molar-refractivity contribution < 1.29 is 5.21 Å². The number of pyridine rings is 1. The van der Waals surface area contributed by atoms with Crippen LogP contribution in [0, 0.1) is 0 Å². The summed E-state index contributed by atoms with van der Waals surface area (Å²) >= 11 is 1.83. The van der Waals surface area contributed by atoms with Crippen molar-refractivity contribution in [3.05, 3.63) is 51.5 Å². The van der Waals surface area contributed by atoms with E-state index >= 15 is 0 Å². The van der Waals surface area contributed by atoms with E-state index < -0.39 is 0 Å². The van der Waals surface area contributed by atoms with Gasteiger partial charge in [0.15, 0.2) is 5.84 Å². The number of aromatic nitrogens is 1. The Balaban J connectivity index is 1.79. The monoisotopic (exact) mass is 288 g/mol. The van der Waals surface area contributed by atoms with E-state index in [-0.39, 0.29) is 5.84 Å². The van der Waals surface area contributed by atoms with Crippen LogP contribution in [-0.2, 0) is 19.5 Å². The average molecular weight is 288 g/mol. The number of rotatable bonds is 3. The van der Waals surface area contributed by atoms with Crippen LogP contribution >= 0.6 is 11.3 Å². The fourth-order valence-corrected chi connectivity index (χ4v) is 3.42. The first kappa shape index (κ1) is 13.1. The highest BCUT2D eigenvalue weighted by molar-refractivity contribution is 7.10. The first-order chi connectivity index (χ1) is 9.78. The van der Waals surface area contributed by atoms with Crippen molar-refractivity contribution in [2.75, 3.05) is 6.54 Å². The topological polar surface area (TPSA) is 74.7 Å². The summed E-state index contributed by atoms with van der Waals surface area (Å²) in [6.45, 7) is 2.73. The minimum Gasteiger partial charge on any atom is -0.409 e. The molecule has 6 heteroatoms. The Morgan fingerprint density at radius 2 is 2.40 bits per heavy atom. The molecule has 0 saturated heterocycles. The second kappa shape index (κ2) is 5.60.